The summed E-state index contributed by atoms with van der Waals surface area (Å²) in [5.74, 6) is 0.448. The number of benzene rings is 3. The van der Waals surface area contributed by atoms with E-state index in [4.69, 9.17) is 9.73 Å². The predicted molar refractivity (Wildman–Crippen MR) is 137 cm³/mol. The van der Waals surface area contributed by atoms with Crippen LogP contribution >= 0.6 is 0 Å². The number of ether oxygens (including phenoxy) is 1. The number of fused-ring (bicyclic) bond motifs is 1. The number of H-pyrrole nitrogens is 2. The molecule has 3 aromatic carbocycles. The van der Waals surface area contributed by atoms with Gasteiger partial charge in [0.1, 0.15) is 11.6 Å². The number of rotatable bonds is 7. The van der Waals surface area contributed by atoms with E-state index in [1.807, 2.05) is 61.7 Å². The van der Waals surface area contributed by atoms with Gasteiger partial charge in [0.25, 0.3) is 5.56 Å². The Balaban J connectivity index is 1.49. The minimum absolute atomic E-state index is 0.228. The Hall–Kier alpha value is -4.39. The lowest BCUT2D eigenvalue weighted by Gasteiger charge is -2.04. The number of aromatic amines is 2. The van der Waals surface area contributed by atoms with Crippen molar-refractivity contribution in [1.82, 2.24) is 14.8 Å². The molecule has 0 saturated heterocycles. The molecule has 0 saturated carbocycles. The second-order valence-electron chi connectivity index (χ2n) is 8.29. The Morgan fingerprint density at radius 2 is 1.83 bits per heavy atom. The molecule has 0 aliphatic rings. The average molecular weight is 469 g/mol. The summed E-state index contributed by atoms with van der Waals surface area (Å²) in [6, 6.07) is 21.4. The van der Waals surface area contributed by atoms with Crippen molar-refractivity contribution in [3.63, 3.8) is 0 Å². The minimum Gasteiger partial charge on any atom is -0.497 e. The molecular weight excluding hydrogens is 443 g/mol. The number of hydrogen-bond acceptors (Lipinski definition) is 3. The topological polar surface area (TPSA) is 75.2 Å². The third kappa shape index (κ3) is 4.40. The molecule has 0 unspecified atom stereocenters. The second kappa shape index (κ2) is 9.46. The number of nitrogens with one attached hydrogen (secondary N) is 2. The maximum absolute atomic E-state index is 13.5. The van der Waals surface area contributed by atoms with Gasteiger partial charge in [-0.05, 0) is 61.4 Å². The number of aliphatic imine (C=N–C) groups is 1. The molecule has 2 aromatic heterocycles. The van der Waals surface area contributed by atoms with Crippen LogP contribution in [0.1, 0.15) is 18.1 Å². The summed E-state index contributed by atoms with van der Waals surface area (Å²) in [7, 11) is 1.65. The maximum atomic E-state index is 13.5. The Morgan fingerprint density at radius 3 is 2.57 bits per heavy atom. The van der Waals surface area contributed by atoms with Crippen molar-refractivity contribution in [3.8, 4) is 22.7 Å². The Bertz CT molecular complexity index is 1560. The third-order valence-electron chi connectivity index (χ3n) is 6.10. The molecule has 6 nitrogen and oxygen atoms in total. The van der Waals surface area contributed by atoms with E-state index in [1.165, 1.54) is 16.8 Å². The van der Waals surface area contributed by atoms with Gasteiger partial charge in [-0.15, -0.1) is 0 Å². The number of aromatic nitrogens is 3. The summed E-state index contributed by atoms with van der Waals surface area (Å²) in [5.41, 5.74) is 5.20. The first-order valence-electron chi connectivity index (χ1n) is 11.4. The van der Waals surface area contributed by atoms with E-state index < -0.39 is 0 Å². The Morgan fingerprint density at radius 1 is 1.06 bits per heavy atom. The van der Waals surface area contributed by atoms with Crippen molar-refractivity contribution in [2.45, 2.75) is 13.3 Å². The predicted octanol–water partition coefficient (Wildman–Crippen LogP) is 5.51. The molecule has 0 aliphatic heterocycles. The van der Waals surface area contributed by atoms with Crippen molar-refractivity contribution < 1.29 is 9.13 Å². The van der Waals surface area contributed by atoms with Crippen LogP contribution in [0.5, 0.6) is 5.75 Å². The van der Waals surface area contributed by atoms with Gasteiger partial charge in [0.2, 0.25) is 0 Å². The third-order valence-corrected chi connectivity index (χ3v) is 6.10. The zero-order valence-corrected chi connectivity index (χ0v) is 19.5. The van der Waals surface area contributed by atoms with Crippen molar-refractivity contribution >= 4 is 16.6 Å². The molecule has 176 valence electrons. The normalized spacial score (nSPS) is 11.8. The van der Waals surface area contributed by atoms with Crippen LogP contribution in [0.4, 0.5) is 4.39 Å². The molecule has 0 atom stereocenters. The van der Waals surface area contributed by atoms with Crippen LogP contribution in [-0.2, 0) is 6.42 Å². The fourth-order valence-corrected chi connectivity index (χ4v) is 4.27. The van der Waals surface area contributed by atoms with Crippen LogP contribution < -0.4 is 10.3 Å². The molecule has 0 bridgehead atoms. The standard InChI is InChI=1S/C28H25FN4O2/c1-18(30-15-14-20-17-31-25-13-12-23(35-2)16-24(20)25)26-27(19-6-4-3-5-7-19)32-33(28(26)34)22-10-8-21(29)9-11-22/h3-13,16-17,31-32H,14-15H2,1-2H3. The van der Waals surface area contributed by atoms with Crippen molar-refractivity contribution in [1.29, 1.82) is 0 Å². The van der Waals surface area contributed by atoms with E-state index in [0.717, 1.165) is 27.8 Å². The van der Waals surface area contributed by atoms with Crippen molar-refractivity contribution in [2.75, 3.05) is 13.7 Å². The number of nitrogens with zero attached hydrogens (tertiary/aromatic N) is 2. The lowest BCUT2D eigenvalue weighted by atomic mass is 10.1. The SMILES string of the molecule is COc1ccc2[nH]cc(CCN=C(C)c3c(-c4ccccc4)[nH]n(-c4ccc(F)cc4)c3=O)c2c1. The van der Waals surface area contributed by atoms with E-state index in [9.17, 15) is 9.18 Å². The molecule has 5 rings (SSSR count). The number of methoxy groups -OCH3 is 1. The number of hydrogen-bond donors (Lipinski definition) is 2. The minimum atomic E-state index is -0.357. The molecule has 5 aromatic rings. The zero-order valence-electron chi connectivity index (χ0n) is 19.5. The van der Waals surface area contributed by atoms with Crippen LogP contribution in [0.15, 0.2) is 88.8 Å². The highest BCUT2D eigenvalue weighted by Crippen LogP contribution is 2.25. The molecule has 0 fully saturated rings. The van der Waals surface area contributed by atoms with Gasteiger partial charge in [0, 0.05) is 34.9 Å². The Labute approximate surface area is 201 Å². The molecule has 0 amide bonds. The fraction of sp³-hybridized carbons (Fsp3) is 0.143. The molecule has 2 heterocycles. The van der Waals surface area contributed by atoms with Crippen LogP contribution in [0.25, 0.3) is 27.8 Å². The van der Waals surface area contributed by atoms with Crippen LogP contribution in [0.3, 0.4) is 0 Å². The summed E-state index contributed by atoms with van der Waals surface area (Å²) in [5, 5.41) is 4.31. The molecule has 0 aliphatic carbocycles. The van der Waals surface area contributed by atoms with Gasteiger partial charge in [0.05, 0.1) is 24.1 Å². The molecule has 35 heavy (non-hydrogen) atoms. The highest BCUT2D eigenvalue weighted by Gasteiger charge is 2.19. The van der Waals surface area contributed by atoms with Gasteiger partial charge in [-0.25, -0.2) is 9.07 Å². The Kier molecular flexibility index (Phi) is 6.06. The monoisotopic (exact) mass is 468 g/mol. The van der Waals surface area contributed by atoms with Gasteiger partial charge >= 0.3 is 0 Å². The highest BCUT2D eigenvalue weighted by molar-refractivity contribution is 6.03. The van der Waals surface area contributed by atoms with Crippen molar-refractivity contribution in [3.05, 3.63) is 106 Å². The summed E-state index contributed by atoms with van der Waals surface area (Å²) < 4.78 is 20.2. The maximum Gasteiger partial charge on any atom is 0.280 e. The van der Waals surface area contributed by atoms with Gasteiger partial charge < -0.3 is 9.72 Å². The van der Waals surface area contributed by atoms with Gasteiger partial charge in [-0.3, -0.25) is 14.9 Å². The largest absolute Gasteiger partial charge is 0.497 e. The molecular formula is C28H25FN4O2. The fourth-order valence-electron chi connectivity index (χ4n) is 4.27. The lowest BCUT2D eigenvalue weighted by molar-refractivity contribution is 0.415. The first-order valence-corrected chi connectivity index (χ1v) is 11.4. The van der Waals surface area contributed by atoms with Crippen LogP contribution in [0, 0.1) is 5.82 Å². The van der Waals surface area contributed by atoms with Crippen LogP contribution in [-0.4, -0.2) is 34.1 Å². The van der Waals surface area contributed by atoms with Crippen LogP contribution in [0.2, 0.25) is 0 Å². The van der Waals surface area contributed by atoms with Gasteiger partial charge in [0.15, 0.2) is 0 Å². The first-order chi connectivity index (χ1) is 17.0. The second-order valence-corrected chi connectivity index (χ2v) is 8.29. The van der Waals surface area contributed by atoms with Crippen molar-refractivity contribution in [2.24, 2.45) is 4.99 Å². The summed E-state index contributed by atoms with van der Waals surface area (Å²) >= 11 is 0. The summed E-state index contributed by atoms with van der Waals surface area (Å²) in [6.45, 7) is 2.37. The molecule has 2 N–H and O–H groups in total. The van der Waals surface area contributed by atoms with E-state index >= 15 is 0 Å². The lowest BCUT2D eigenvalue weighted by Crippen LogP contribution is -2.20. The highest BCUT2D eigenvalue weighted by atomic mass is 19.1. The van der Waals surface area contributed by atoms with E-state index in [0.29, 0.717) is 35.6 Å². The molecule has 7 heteroatoms. The average Bonchev–Trinajstić information content (AvgIpc) is 3.45. The number of halogens is 1. The van der Waals surface area contributed by atoms with Gasteiger partial charge in [-0.2, -0.15) is 0 Å². The molecule has 0 spiro atoms. The summed E-state index contributed by atoms with van der Waals surface area (Å²) in [6.07, 6.45) is 2.70. The van der Waals surface area contributed by atoms with E-state index in [1.54, 1.807) is 19.2 Å². The smallest absolute Gasteiger partial charge is 0.280 e. The quantitative estimate of drug-likeness (QED) is 0.309. The van der Waals surface area contributed by atoms with E-state index in [-0.39, 0.29) is 11.4 Å². The van der Waals surface area contributed by atoms with E-state index in [2.05, 4.69) is 10.1 Å². The summed E-state index contributed by atoms with van der Waals surface area (Å²) in [4.78, 5) is 21.5. The zero-order chi connectivity index (χ0) is 24.4. The first kappa shape index (κ1) is 22.4. The van der Waals surface area contributed by atoms with Gasteiger partial charge in [-0.1, -0.05) is 30.3 Å². The molecule has 0 radical (unpaired) electrons.